The third-order valence-corrected chi connectivity index (χ3v) is 3.08. The number of para-hydroxylation sites is 1. The number of hydrogen-bond donors (Lipinski definition) is 1. The smallest absolute Gasteiger partial charge is 0.248 e. The maximum absolute atomic E-state index is 13.8. The molecule has 0 aliphatic rings. The normalized spacial score (nSPS) is 10.6. The SMILES string of the molecule is CONC(=O)Cc1c(C)nn(-c2ccccc2F)c1C. The van der Waals surface area contributed by atoms with Crippen LogP contribution in [0.5, 0.6) is 0 Å². The number of hydroxylamine groups is 1. The van der Waals surface area contributed by atoms with Crippen molar-refractivity contribution in [1.29, 1.82) is 0 Å². The molecule has 0 saturated carbocycles. The molecule has 1 heterocycles. The quantitative estimate of drug-likeness (QED) is 0.868. The van der Waals surface area contributed by atoms with Gasteiger partial charge >= 0.3 is 0 Å². The van der Waals surface area contributed by atoms with Crippen molar-refractivity contribution in [3.05, 3.63) is 47.0 Å². The number of nitrogens with one attached hydrogen (secondary N) is 1. The number of hydrogen-bond acceptors (Lipinski definition) is 3. The maximum atomic E-state index is 13.8. The fraction of sp³-hybridized carbons (Fsp3) is 0.286. The summed E-state index contributed by atoms with van der Waals surface area (Å²) in [6.07, 6.45) is 0.139. The number of carbonyl (C=O) groups is 1. The maximum Gasteiger partial charge on any atom is 0.248 e. The molecule has 2 aromatic rings. The van der Waals surface area contributed by atoms with E-state index in [4.69, 9.17) is 0 Å². The fourth-order valence-corrected chi connectivity index (χ4v) is 2.10. The molecule has 20 heavy (non-hydrogen) atoms. The largest absolute Gasteiger partial charge is 0.277 e. The van der Waals surface area contributed by atoms with Crippen molar-refractivity contribution in [2.24, 2.45) is 0 Å². The molecule has 0 fully saturated rings. The van der Waals surface area contributed by atoms with Gasteiger partial charge < -0.3 is 0 Å². The average molecular weight is 277 g/mol. The van der Waals surface area contributed by atoms with Gasteiger partial charge in [-0.2, -0.15) is 5.10 Å². The first-order valence-electron chi connectivity index (χ1n) is 6.16. The van der Waals surface area contributed by atoms with Crippen molar-refractivity contribution in [3.63, 3.8) is 0 Å². The van der Waals surface area contributed by atoms with E-state index in [1.807, 2.05) is 6.92 Å². The summed E-state index contributed by atoms with van der Waals surface area (Å²) in [6.45, 7) is 3.60. The van der Waals surface area contributed by atoms with Gasteiger partial charge in [-0.05, 0) is 26.0 Å². The van der Waals surface area contributed by atoms with Gasteiger partial charge in [0, 0.05) is 11.3 Å². The third-order valence-electron chi connectivity index (χ3n) is 3.08. The van der Waals surface area contributed by atoms with E-state index in [2.05, 4.69) is 15.4 Å². The fourth-order valence-electron chi connectivity index (χ4n) is 2.10. The van der Waals surface area contributed by atoms with Gasteiger partial charge in [-0.3, -0.25) is 9.63 Å². The van der Waals surface area contributed by atoms with E-state index in [1.54, 1.807) is 25.1 Å². The highest BCUT2D eigenvalue weighted by atomic mass is 19.1. The monoisotopic (exact) mass is 277 g/mol. The molecule has 0 unspecified atom stereocenters. The molecule has 1 amide bonds. The minimum atomic E-state index is -0.356. The Bertz CT molecular complexity index is 637. The summed E-state index contributed by atoms with van der Waals surface area (Å²) in [6, 6.07) is 6.39. The predicted molar refractivity (Wildman–Crippen MR) is 71.9 cm³/mol. The minimum absolute atomic E-state index is 0.139. The third kappa shape index (κ3) is 2.70. The van der Waals surface area contributed by atoms with Crippen LogP contribution in [0.1, 0.15) is 17.0 Å². The zero-order chi connectivity index (χ0) is 14.7. The number of aryl methyl sites for hydroxylation is 1. The molecule has 2 rings (SSSR count). The first-order chi connectivity index (χ1) is 9.54. The Morgan fingerprint density at radius 3 is 2.75 bits per heavy atom. The lowest BCUT2D eigenvalue weighted by atomic mass is 10.1. The molecule has 1 N–H and O–H groups in total. The van der Waals surface area contributed by atoms with Gasteiger partial charge in [-0.25, -0.2) is 14.6 Å². The number of aromatic nitrogens is 2. The second-order valence-electron chi connectivity index (χ2n) is 4.42. The molecule has 106 valence electrons. The van der Waals surface area contributed by atoms with Crippen molar-refractivity contribution in [2.45, 2.75) is 20.3 Å². The highest BCUT2D eigenvalue weighted by molar-refractivity contribution is 5.78. The van der Waals surface area contributed by atoms with E-state index in [0.717, 1.165) is 11.3 Å². The Morgan fingerprint density at radius 2 is 2.10 bits per heavy atom. The molecule has 0 aliphatic carbocycles. The number of nitrogens with zero attached hydrogens (tertiary/aromatic N) is 2. The van der Waals surface area contributed by atoms with Crippen LogP contribution in [0.15, 0.2) is 24.3 Å². The topological polar surface area (TPSA) is 56.1 Å². The molecule has 0 bridgehead atoms. The van der Waals surface area contributed by atoms with E-state index in [9.17, 15) is 9.18 Å². The molecule has 0 saturated heterocycles. The van der Waals surface area contributed by atoms with Crippen LogP contribution in [-0.4, -0.2) is 22.8 Å². The Hall–Kier alpha value is -2.21. The Kier molecular flexibility index (Phi) is 4.14. The first kappa shape index (κ1) is 14.2. The van der Waals surface area contributed by atoms with Crippen molar-refractivity contribution in [3.8, 4) is 5.69 Å². The van der Waals surface area contributed by atoms with Crippen LogP contribution in [0.3, 0.4) is 0 Å². The van der Waals surface area contributed by atoms with Crippen LogP contribution in [0.4, 0.5) is 4.39 Å². The Balaban J connectivity index is 2.39. The minimum Gasteiger partial charge on any atom is -0.277 e. The van der Waals surface area contributed by atoms with E-state index in [0.29, 0.717) is 11.4 Å². The van der Waals surface area contributed by atoms with E-state index < -0.39 is 0 Å². The molecule has 0 radical (unpaired) electrons. The summed E-state index contributed by atoms with van der Waals surface area (Å²) >= 11 is 0. The van der Waals surface area contributed by atoms with Gasteiger partial charge in [-0.1, -0.05) is 12.1 Å². The predicted octanol–water partition coefficient (Wildman–Crippen LogP) is 1.85. The number of carbonyl (C=O) groups excluding carboxylic acids is 1. The highest BCUT2D eigenvalue weighted by Gasteiger charge is 2.17. The number of rotatable bonds is 4. The zero-order valence-corrected chi connectivity index (χ0v) is 11.6. The van der Waals surface area contributed by atoms with Crippen molar-refractivity contribution in [1.82, 2.24) is 15.3 Å². The lowest BCUT2D eigenvalue weighted by molar-refractivity contribution is -0.130. The molecule has 1 aromatic carbocycles. The molecular formula is C14H16FN3O2. The molecule has 0 aliphatic heterocycles. The summed E-state index contributed by atoms with van der Waals surface area (Å²) in [5.74, 6) is -0.627. The molecule has 5 nitrogen and oxygen atoms in total. The van der Waals surface area contributed by atoms with Crippen LogP contribution < -0.4 is 5.48 Å². The number of halogens is 1. The van der Waals surface area contributed by atoms with E-state index >= 15 is 0 Å². The molecule has 0 spiro atoms. The zero-order valence-electron chi connectivity index (χ0n) is 11.6. The second kappa shape index (κ2) is 5.83. The molecular weight excluding hydrogens is 261 g/mol. The highest BCUT2D eigenvalue weighted by Crippen LogP contribution is 2.20. The summed E-state index contributed by atoms with van der Waals surface area (Å²) in [5, 5.41) is 4.31. The summed E-state index contributed by atoms with van der Waals surface area (Å²) in [4.78, 5) is 16.2. The van der Waals surface area contributed by atoms with Crippen LogP contribution in [-0.2, 0) is 16.1 Å². The van der Waals surface area contributed by atoms with Crippen LogP contribution >= 0.6 is 0 Å². The van der Waals surface area contributed by atoms with Crippen molar-refractivity contribution < 1.29 is 14.0 Å². The van der Waals surface area contributed by atoms with Crippen LogP contribution in [0.2, 0.25) is 0 Å². The van der Waals surface area contributed by atoms with Gasteiger partial charge in [0.1, 0.15) is 11.5 Å². The van der Waals surface area contributed by atoms with E-state index in [1.165, 1.54) is 17.9 Å². The van der Waals surface area contributed by atoms with Crippen LogP contribution in [0, 0.1) is 19.7 Å². The van der Waals surface area contributed by atoms with Gasteiger partial charge in [0.2, 0.25) is 5.91 Å². The first-order valence-corrected chi connectivity index (χ1v) is 6.16. The number of benzene rings is 1. The van der Waals surface area contributed by atoms with Crippen molar-refractivity contribution >= 4 is 5.91 Å². The lowest BCUT2D eigenvalue weighted by Crippen LogP contribution is -2.24. The van der Waals surface area contributed by atoms with E-state index in [-0.39, 0.29) is 18.1 Å². The lowest BCUT2D eigenvalue weighted by Gasteiger charge is -2.06. The van der Waals surface area contributed by atoms with Crippen molar-refractivity contribution in [2.75, 3.05) is 7.11 Å². The van der Waals surface area contributed by atoms with Crippen LogP contribution in [0.25, 0.3) is 5.69 Å². The number of amides is 1. The summed E-state index contributed by atoms with van der Waals surface area (Å²) < 4.78 is 15.3. The van der Waals surface area contributed by atoms with Gasteiger partial charge in [0.05, 0.1) is 19.2 Å². The molecule has 1 aromatic heterocycles. The van der Waals surface area contributed by atoms with Gasteiger partial charge in [0.25, 0.3) is 0 Å². The molecule has 0 atom stereocenters. The standard InChI is InChI=1S/C14H16FN3O2/c1-9-11(8-14(19)17-20-3)10(2)18(16-9)13-7-5-4-6-12(13)15/h4-7H,8H2,1-3H3,(H,17,19). The summed E-state index contributed by atoms with van der Waals surface area (Å²) in [5.41, 5.74) is 4.82. The summed E-state index contributed by atoms with van der Waals surface area (Å²) in [7, 11) is 1.38. The Morgan fingerprint density at radius 1 is 1.40 bits per heavy atom. The van der Waals surface area contributed by atoms with Gasteiger partial charge in [-0.15, -0.1) is 0 Å². The second-order valence-corrected chi connectivity index (χ2v) is 4.42. The average Bonchev–Trinajstić information content (AvgIpc) is 2.68. The molecule has 6 heteroatoms. The van der Waals surface area contributed by atoms with Gasteiger partial charge in [0.15, 0.2) is 0 Å². The Labute approximate surface area is 116 Å².